The number of ether oxygens (including phenoxy) is 1. The van der Waals surface area contributed by atoms with Gasteiger partial charge in [-0.3, -0.25) is 9.79 Å². The van der Waals surface area contributed by atoms with E-state index in [0.717, 1.165) is 16.9 Å². The summed E-state index contributed by atoms with van der Waals surface area (Å²) >= 11 is 0. The van der Waals surface area contributed by atoms with Crippen LogP contribution in [0.25, 0.3) is 0 Å². The van der Waals surface area contributed by atoms with Gasteiger partial charge in [0.05, 0.1) is 7.11 Å². The molecule has 0 unspecified atom stereocenters. The molecule has 0 saturated carbocycles. The van der Waals surface area contributed by atoms with E-state index in [9.17, 15) is 4.79 Å². The van der Waals surface area contributed by atoms with Crippen molar-refractivity contribution >= 4 is 11.9 Å². The van der Waals surface area contributed by atoms with Gasteiger partial charge in [-0.15, -0.1) is 0 Å². The Morgan fingerprint density at radius 1 is 1.04 bits per heavy atom. The predicted molar refractivity (Wildman–Crippen MR) is 104 cm³/mol. The largest absolute Gasteiger partial charge is 0.496 e. The molecule has 0 aliphatic carbocycles. The van der Waals surface area contributed by atoms with E-state index < -0.39 is 0 Å². The van der Waals surface area contributed by atoms with Crippen LogP contribution in [0.2, 0.25) is 0 Å². The summed E-state index contributed by atoms with van der Waals surface area (Å²) in [4.78, 5) is 16.2. The summed E-state index contributed by atoms with van der Waals surface area (Å²) in [5.74, 6) is 1.46. The number of carbonyl (C=O) groups is 1. The number of nitrogens with zero attached hydrogens (tertiary/aromatic N) is 1. The van der Waals surface area contributed by atoms with Crippen molar-refractivity contribution in [2.24, 2.45) is 4.99 Å². The van der Waals surface area contributed by atoms with E-state index in [1.807, 2.05) is 55.5 Å². The van der Waals surface area contributed by atoms with Gasteiger partial charge >= 0.3 is 0 Å². The lowest BCUT2D eigenvalue weighted by molar-refractivity contribution is 0.0955. The van der Waals surface area contributed by atoms with Crippen molar-refractivity contribution in [2.75, 3.05) is 20.7 Å². The third kappa shape index (κ3) is 5.51. The normalized spacial score (nSPS) is 11.0. The Morgan fingerprint density at radius 2 is 1.81 bits per heavy atom. The predicted octanol–water partition coefficient (Wildman–Crippen LogP) is 2.31. The van der Waals surface area contributed by atoms with Crippen LogP contribution in [0.4, 0.5) is 0 Å². The molecule has 2 rings (SSSR count). The van der Waals surface area contributed by atoms with Gasteiger partial charge in [0.25, 0.3) is 5.91 Å². The molecule has 0 radical (unpaired) electrons. The summed E-state index contributed by atoms with van der Waals surface area (Å²) < 4.78 is 5.36. The van der Waals surface area contributed by atoms with Gasteiger partial charge in [0, 0.05) is 37.8 Å². The van der Waals surface area contributed by atoms with Crippen molar-refractivity contribution in [1.82, 2.24) is 16.0 Å². The number of carbonyl (C=O) groups excluding carboxylic acids is 1. The number of benzene rings is 2. The number of guanidine groups is 1. The number of hydrogen-bond acceptors (Lipinski definition) is 3. The minimum Gasteiger partial charge on any atom is -0.496 e. The fourth-order valence-corrected chi connectivity index (χ4v) is 2.52. The Kier molecular flexibility index (Phi) is 7.49. The Morgan fingerprint density at radius 3 is 2.54 bits per heavy atom. The van der Waals surface area contributed by atoms with Gasteiger partial charge in [0.1, 0.15) is 5.75 Å². The molecule has 0 bridgehead atoms. The minimum atomic E-state index is -0.0620. The van der Waals surface area contributed by atoms with Gasteiger partial charge < -0.3 is 20.7 Å². The SMILES string of the molecule is CCNC(=O)c1cccc(CNC(=NC)NCc2ccccc2OC)c1. The zero-order chi connectivity index (χ0) is 18.8. The van der Waals surface area contributed by atoms with Gasteiger partial charge in [0.15, 0.2) is 5.96 Å². The first-order valence-corrected chi connectivity index (χ1v) is 8.61. The zero-order valence-electron chi connectivity index (χ0n) is 15.5. The van der Waals surface area contributed by atoms with Crippen molar-refractivity contribution in [3.05, 3.63) is 65.2 Å². The van der Waals surface area contributed by atoms with Gasteiger partial charge in [-0.25, -0.2) is 0 Å². The minimum absolute atomic E-state index is 0.0620. The maximum Gasteiger partial charge on any atom is 0.251 e. The highest BCUT2D eigenvalue weighted by atomic mass is 16.5. The number of hydrogen-bond donors (Lipinski definition) is 3. The second-order valence-corrected chi connectivity index (χ2v) is 5.65. The number of aliphatic imine (C=N–C) groups is 1. The third-order valence-electron chi connectivity index (χ3n) is 3.85. The summed E-state index contributed by atoms with van der Waals surface area (Å²) in [6.45, 7) is 3.68. The monoisotopic (exact) mass is 354 g/mol. The first-order chi connectivity index (χ1) is 12.7. The molecule has 0 atom stereocenters. The highest BCUT2D eigenvalue weighted by Crippen LogP contribution is 2.16. The van der Waals surface area contributed by atoms with Crippen LogP contribution in [-0.2, 0) is 13.1 Å². The molecular weight excluding hydrogens is 328 g/mol. The van der Waals surface area contributed by atoms with Crippen molar-refractivity contribution in [1.29, 1.82) is 0 Å². The van der Waals surface area contributed by atoms with Crippen LogP contribution >= 0.6 is 0 Å². The van der Waals surface area contributed by atoms with Crippen LogP contribution in [0.3, 0.4) is 0 Å². The number of methoxy groups -OCH3 is 1. The number of rotatable bonds is 7. The zero-order valence-corrected chi connectivity index (χ0v) is 15.5. The molecule has 0 saturated heterocycles. The van der Waals surface area contributed by atoms with Gasteiger partial charge in [-0.1, -0.05) is 30.3 Å². The van der Waals surface area contributed by atoms with E-state index in [-0.39, 0.29) is 5.91 Å². The Balaban J connectivity index is 1.93. The summed E-state index contributed by atoms with van der Waals surface area (Å²) in [7, 11) is 3.39. The fourth-order valence-electron chi connectivity index (χ4n) is 2.52. The molecule has 0 aliphatic rings. The van der Waals surface area contributed by atoms with Crippen LogP contribution < -0.4 is 20.7 Å². The summed E-state index contributed by atoms with van der Waals surface area (Å²) in [5.41, 5.74) is 2.72. The fraction of sp³-hybridized carbons (Fsp3) is 0.300. The Bertz CT molecular complexity index is 759. The highest BCUT2D eigenvalue weighted by Gasteiger charge is 2.06. The Labute approximate surface area is 154 Å². The topological polar surface area (TPSA) is 74.8 Å². The van der Waals surface area contributed by atoms with Crippen LogP contribution in [0.5, 0.6) is 5.75 Å². The standard InChI is InChI=1S/C20H26N4O2/c1-4-22-19(25)16-10-7-8-15(12-16)13-23-20(21-2)24-14-17-9-5-6-11-18(17)26-3/h5-12H,4,13-14H2,1-3H3,(H,22,25)(H2,21,23,24). The smallest absolute Gasteiger partial charge is 0.251 e. The van der Waals surface area contributed by atoms with Crippen molar-refractivity contribution in [3.63, 3.8) is 0 Å². The summed E-state index contributed by atoms with van der Waals surface area (Å²) in [6.07, 6.45) is 0. The lowest BCUT2D eigenvalue weighted by atomic mass is 10.1. The number of para-hydroxylation sites is 1. The molecule has 0 spiro atoms. The molecule has 0 heterocycles. The molecule has 0 aromatic heterocycles. The van der Waals surface area contributed by atoms with Crippen LogP contribution in [0.1, 0.15) is 28.4 Å². The molecule has 6 nitrogen and oxygen atoms in total. The summed E-state index contributed by atoms with van der Waals surface area (Å²) in [5, 5.41) is 9.33. The Hall–Kier alpha value is -3.02. The highest BCUT2D eigenvalue weighted by molar-refractivity contribution is 5.94. The molecule has 138 valence electrons. The maximum absolute atomic E-state index is 11.9. The van der Waals surface area contributed by atoms with E-state index in [4.69, 9.17) is 4.74 Å². The van der Waals surface area contributed by atoms with E-state index in [0.29, 0.717) is 31.2 Å². The first kappa shape index (κ1) is 19.3. The van der Waals surface area contributed by atoms with Crippen molar-refractivity contribution in [2.45, 2.75) is 20.0 Å². The molecule has 6 heteroatoms. The van der Waals surface area contributed by atoms with E-state index >= 15 is 0 Å². The van der Waals surface area contributed by atoms with Gasteiger partial charge in [0.2, 0.25) is 0 Å². The van der Waals surface area contributed by atoms with E-state index in [2.05, 4.69) is 20.9 Å². The molecule has 3 N–H and O–H groups in total. The first-order valence-electron chi connectivity index (χ1n) is 8.61. The lowest BCUT2D eigenvalue weighted by Crippen LogP contribution is -2.36. The molecule has 0 aliphatic heterocycles. The number of nitrogens with one attached hydrogen (secondary N) is 3. The molecule has 26 heavy (non-hydrogen) atoms. The van der Waals surface area contributed by atoms with Gasteiger partial charge in [-0.2, -0.15) is 0 Å². The van der Waals surface area contributed by atoms with Crippen LogP contribution in [0, 0.1) is 0 Å². The average Bonchev–Trinajstić information content (AvgIpc) is 2.68. The second-order valence-electron chi connectivity index (χ2n) is 5.65. The molecule has 0 fully saturated rings. The molecule has 1 amide bonds. The van der Waals surface area contributed by atoms with Crippen molar-refractivity contribution < 1.29 is 9.53 Å². The molecule has 2 aromatic rings. The molecular formula is C20H26N4O2. The number of amides is 1. The quantitative estimate of drug-likeness (QED) is 0.527. The summed E-state index contributed by atoms with van der Waals surface area (Å²) in [6, 6.07) is 15.4. The van der Waals surface area contributed by atoms with Crippen LogP contribution in [-0.4, -0.2) is 32.6 Å². The van der Waals surface area contributed by atoms with E-state index in [1.54, 1.807) is 14.2 Å². The average molecular weight is 354 g/mol. The second kappa shape index (κ2) is 10.1. The maximum atomic E-state index is 11.9. The van der Waals surface area contributed by atoms with Crippen LogP contribution in [0.15, 0.2) is 53.5 Å². The van der Waals surface area contributed by atoms with E-state index in [1.165, 1.54) is 0 Å². The van der Waals surface area contributed by atoms with Gasteiger partial charge in [-0.05, 0) is 30.7 Å². The van der Waals surface area contributed by atoms with Crippen molar-refractivity contribution in [3.8, 4) is 5.75 Å². The lowest BCUT2D eigenvalue weighted by Gasteiger charge is -2.14. The molecule has 2 aromatic carbocycles. The third-order valence-corrected chi connectivity index (χ3v) is 3.85.